The molecule has 0 saturated carbocycles. The molecule has 3 heteroatoms. The van der Waals surface area contributed by atoms with E-state index in [1.54, 1.807) is 0 Å². The maximum atomic E-state index is 6.36. The van der Waals surface area contributed by atoms with E-state index in [1.165, 1.54) is 24.0 Å². The Morgan fingerprint density at radius 1 is 0.900 bits per heavy atom. The number of hydrogen-bond donors (Lipinski definition) is 0. The third-order valence-electron chi connectivity index (χ3n) is 5.08. The van der Waals surface area contributed by atoms with Crippen LogP contribution in [0.4, 0.5) is 5.69 Å². The van der Waals surface area contributed by atoms with E-state index in [0.717, 1.165) is 34.2 Å². The minimum atomic E-state index is 0.573. The number of rotatable bonds is 5. The highest BCUT2D eigenvalue weighted by Crippen LogP contribution is 2.34. The number of isothiocyanates is 1. The molecule has 0 aromatic heterocycles. The van der Waals surface area contributed by atoms with Crippen LogP contribution in [0.25, 0.3) is 11.1 Å². The molecule has 3 aromatic carbocycles. The predicted molar refractivity (Wildman–Crippen MR) is 132 cm³/mol. The van der Waals surface area contributed by atoms with Gasteiger partial charge < -0.3 is 0 Å². The molecule has 0 unspecified atom stereocenters. The fraction of sp³-hybridized carbons (Fsp3) is 0.222. The van der Waals surface area contributed by atoms with Gasteiger partial charge in [-0.15, -0.1) is 0 Å². The lowest BCUT2D eigenvalue weighted by atomic mass is 10.0. The molecule has 0 N–H and O–H groups in total. The van der Waals surface area contributed by atoms with Crippen LogP contribution >= 0.6 is 23.8 Å². The zero-order valence-corrected chi connectivity index (χ0v) is 19.1. The van der Waals surface area contributed by atoms with Crippen LogP contribution in [0.3, 0.4) is 0 Å². The van der Waals surface area contributed by atoms with Gasteiger partial charge in [-0.2, -0.15) is 4.99 Å². The maximum absolute atomic E-state index is 6.36. The van der Waals surface area contributed by atoms with Crippen LogP contribution in [0, 0.1) is 25.7 Å². The van der Waals surface area contributed by atoms with Gasteiger partial charge in [0.2, 0.25) is 0 Å². The van der Waals surface area contributed by atoms with Crippen molar-refractivity contribution in [1.82, 2.24) is 0 Å². The van der Waals surface area contributed by atoms with Crippen LogP contribution in [-0.2, 0) is 6.42 Å². The Bertz CT molecular complexity index is 1140. The number of hydrogen-bond acceptors (Lipinski definition) is 2. The molecular weight excluding hydrogens is 406 g/mol. The van der Waals surface area contributed by atoms with Crippen molar-refractivity contribution in [2.45, 2.75) is 40.0 Å². The highest BCUT2D eigenvalue weighted by atomic mass is 35.5. The first-order valence-corrected chi connectivity index (χ1v) is 10.9. The Kier molecular flexibility index (Phi) is 7.61. The van der Waals surface area contributed by atoms with Crippen molar-refractivity contribution >= 4 is 34.7 Å². The molecular formula is C27H24ClNS. The van der Waals surface area contributed by atoms with E-state index in [9.17, 15) is 0 Å². The topological polar surface area (TPSA) is 12.4 Å². The summed E-state index contributed by atoms with van der Waals surface area (Å²) in [5.41, 5.74) is 8.45. The van der Waals surface area contributed by atoms with Gasteiger partial charge in [-0.05, 0) is 97.1 Å². The molecule has 0 radical (unpaired) electrons. The lowest BCUT2D eigenvalue weighted by molar-refractivity contribution is 0.794. The number of halogens is 1. The van der Waals surface area contributed by atoms with Gasteiger partial charge in [0.1, 0.15) is 0 Å². The summed E-state index contributed by atoms with van der Waals surface area (Å²) in [4.78, 5) is 4.05. The van der Waals surface area contributed by atoms with E-state index in [1.807, 2.05) is 25.1 Å². The Morgan fingerprint density at radius 3 is 2.30 bits per heavy atom. The molecule has 0 heterocycles. The van der Waals surface area contributed by atoms with Crippen molar-refractivity contribution in [3.05, 3.63) is 87.4 Å². The van der Waals surface area contributed by atoms with Gasteiger partial charge in [-0.25, -0.2) is 0 Å². The van der Waals surface area contributed by atoms with E-state index >= 15 is 0 Å². The van der Waals surface area contributed by atoms with Crippen LogP contribution in [0.2, 0.25) is 5.02 Å². The smallest absolute Gasteiger partial charge is 0.0955 e. The van der Waals surface area contributed by atoms with Crippen LogP contribution in [-0.4, -0.2) is 5.16 Å². The third kappa shape index (κ3) is 5.47. The molecule has 3 rings (SSSR count). The highest BCUT2D eigenvalue weighted by molar-refractivity contribution is 7.78. The second kappa shape index (κ2) is 10.4. The van der Waals surface area contributed by atoms with Crippen LogP contribution in [0.5, 0.6) is 0 Å². The molecule has 0 bridgehead atoms. The van der Waals surface area contributed by atoms with Gasteiger partial charge in [0.25, 0.3) is 0 Å². The lowest BCUT2D eigenvalue weighted by Crippen LogP contribution is -1.89. The zero-order chi connectivity index (χ0) is 21.5. The second-order valence-electron chi connectivity index (χ2n) is 7.41. The molecule has 0 aliphatic heterocycles. The molecule has 0 fully saturated rings. The number of benzene rings is 3. The first-order valence-electron chi connectivity index (χ1n) is 10.1. The minimum Gasteiger partial charge on any atom is -0.193 e. The first kappa shape index (κ1) is 22.0. The van der Waals surface area contributed by atoms with Crippen molar-refractivity contribution in [1.29, 1.82) is 0 Å². The van der Waals surface area contributed by atoms with Gasteiger partial charge in [0.05, 0.1) is 15.9 Å². The second-order valence-corrected chi connectivity index (χ2v) is 8.00. The summed E-state index contributed by atoms with van der Waals surface area (Å²) >= 11 is 11.1. The Hall–Kier alpha value is -2.69. The molecule has 0 aliphatic carbocycles. The lowest BCUT2D eigenvalue weighted by Gasteiger charge is -2.07. The number of thiocarbonyl (C=S) groups is 1. The summed E-state index contributed by atoms with van der Waals surface area (Å²) in [6.07, 6.45) is 3.58. The Morgan fingerprint density at radius 2 is 1.67 bits per heavy atom. The molecule has 3 aromatic rings. The average Bonchev–Trinajstić information content (AvgIpc) is 2.74. The Labute approximate surface area is 189 Å². The summed E-state index contributed by atoms with van der Waals surface area (Å²) in [5, 5.41) is 2.96. The number of nitrogens with zero attached hydrogens (tertiary/aromatic N) is 1. The van der Waals surface area contributed by atoms with Gasteiger partial charge in [0, 0.05) is 11.1 Å². The molecule has 0 saturated heterocycles. The third-order valence-corrected chi connectivity index (χ3v) is 5.46. The van der Waals surface area contributed by atoms with Crippen molar-refractivity contribution < 1.29 is 0 Å². The van der Waals surface area contributed by atoms with Crippen LogP contribution < -0.4 is 0 Å². The summed E-state index contributed by atoms with van der Waals surface area (Å²) in [6, 6.07) is 18.8. The van der Waals surface area contributed by atoms with Crippen molar-refractivity contribution in [3.8, 4) is 23.0 Å². The summed E-state index contributed by atoms with van der Waals surface area (Å²) in [6.45, 7) is 6.32. The monoisotopic (exact) mass is 429 g/mol. The van der Waals surface area contributed by atoms with E-state index in [0.29, 0.717) is 10.7 Å². The van der Waals surface area contributed by atoms with Crippen LogP contribution in [0.1, 0.15) is 47.6 Å². The van der Waals surface area contributed by atoms with Crippen molar-refractivity contribution in [2.75, 3.05) is 0 Å². The van der Waals surface area contributed by atoms with Gasteiger partial charge in [-0.3, -0.25) is 0 Å². The minimum absolute atomic E-state index is 0.573. The molecule has 0 spiro atoms. The molecule has 150 valence electrons. The van der Waals surface area contributed by atoms with Gasteiger partial charge in [-0.1, -0.05) is 61.1 Å². The molecule has 0 aliphatic rings. The summed E-state index contributed by atoms with van der Waals surface area (Å²) < 4.78 is 0. The fourth-order valence-electron chi connectivity index (χ4n) is 3.38. The fourth-order valence-corrected chi connectivity index (χ4v) is 3.78. The van der Waals surface area contributed by atoms with Gasteiger partial charge >= 0.3 is 0 Å². The normalized spacial score (nSPS) is 10.1. The SMILES string of the molecule is CCCCc1ccc(C#Cc2ccc(-c3cc(C)c(N=C=S)c(Cl)c3)cc2)c(C)c1. The molecule has 1 nitrogen and oxygen atoms in total. The summed E-state index contributed by atoms with van der Waals surface area (Å²) in [7, 11) is 0. The van der Waals surface area contributed by atoms with E-state index in [4.69, 9.17) is 23.8 Å². The zero-order valence-electron chi connectivity index (χ0n) is 17.6. The van der Waals surface area contributed by atoms with E-state index in [-0.39, 0.29) is 0 Å². The maximum Gasteiger partial charge on any atom is 0.0955 e. The molecule has 0 amide bonds. The van der Waals surface area contributed by atoms with E-state index < -0.39 is 0 Å². The number of aliphatic imine (C=N–C) groups is 1. The molecule has 0 atom stereocenters. The first-order chi connectivity index (χ1) is 14.5. The van der Waals surface area contributed by atoms with Crippen molar-refractivity contribution in [3.63, 3.8) is 0 Å². The highest BCUT2D eigenvalue weighted by Gasteiger charge is 2.07. The largest absolute Gasteiger partial charge is 0.193 e. The van der Waals surface area contributed by atoms with Crippen molar-refractivity contribution in [2.24, 2.45) is 4.99 Å². The van der Waals surface area contributed by atoms with Crippen LogP contribution in [0.15, 0.2) is 59.6 Å². The Balaban J connectivity index is 1.80. The molecule has 30 heavy (non-hydrogen) atoms. The number of aryl methyl sites for hydroxylation is 3. The standard InChI is InChI=1S/C27H24ClNS/c1-4-5-6-22-10-12-23(19(2)15-22)11-7-21-8-13-24(14-9-21)25-16-20(3)27(29-18-30)26(28)17-25/h8-10,12-17H,4-6H2,1-3H3. The van der Waals surface area contributed by atoms with E-state index in [2.05, 4.69) is 72.2 Å². The summed E-state index contributed by atoms with van der Waals surface area (Å²) in [5.74, 6) is 6.59. The quantitative estimate of drug-likeness (QED) is 0.226. The average molecular weight is 430 g/mol. The predicted octanol–water partition coefficient (Wildman–Crippen LogP) is 8.10. The van der Waals surface area contributed by atoms with Gasteiger partial charge in [0.15, 0.2) is 0 Å². The number of unbranched alkanes of at least 4 members (excludes halogenated alkanes) is 1.